The molecule has 0 spiro atoms. The molecule has 2 N–H and O–H groups in total. The van der Waals surface area contributed by atoms with Crippen LogP contribution in [-0.4, -0.2) is 16.9 Å². The highest BCUT2D eigenvalue weighted by atomic mass is 35.5. The van der Waals surface area contributed by atoms with E-state index in [0.29, 0.717) is 0 Å². The summed E-state index contributed by atoms with van der Waals surface area (Å²) in [6, 6.07) is 0. The molecule has 0 rings (SSSR count). The molecule has 0 aromatic heterocycles. The molecule has 0 aliphatic rings. The third kappa shape index (κ3) is 6.46. The number of hydroxylamine groups is 1. The Hall–Kier alpha value is 0.460. The van der Waals surface area contributed by atoms with E-state index in [-0.39, 0.29) is 6.73 Å². The van der Waals surface area contributed by atoms with E-state index in [1.807, 2.05) is 5.48 Å². The first kappa shape index (κ1) is 7.46. The Morgan fingerprint density at radius 2 is 2.29 bits per heavy atom. The number of halogens is 2. The Morgan fingerprint density at radius 1 is 1.71 bits per heavy atom. The van der Waals surface area contributed by atoms with Gasteiger partial charge in [-0.1, -0.05) is 23.2 Å². The summed E-state index contributed by atoms with van der Waals surface area (Å²) < 4.78 is 0. The smallest absolute Gasteiger partial charge is 0.225 e. The van der Waals surface area contributed by atoms with Crippen molar-refractivity contribution in [2.24, 2.45) is 0 Å². The molecule has 0 amide bonds. The monoisotopic (exact) mass is 145 g/mol. The van der Waals surface area contributed by atoms with Crippen molar-refractivity contribution in [3.8, 4) is 0 Å². The zero-order valence-electron chi connectivity index (χ0n) is 3.40. The quantitative estimate of drug-likeness (QED) is 0.340. The molecule has 0 radical (unpaired) electrons. The predicted octanol–water partition coefficient (Wildman–Crippen LogP) is 0.219. The van der Waals surface area contributed by atoms with Crippen LogP contribution in [0.15, 0.2) is 0 Å². The number of aliphatic hydroxyl groups excluding tert-OH is 1. The molecule has 0 saturated heterocycles. The number of aliphatic hydroxyl groups is 1. The minimum atomic E-state index is -0.924. The van der Waals surface area contributed by atoms with Crippen molar-refractivity contribution in [2.75, 3.05) is 6.73 Å². The summed E-state index contributed by atoms with van der Waals surface area (Å²) in [5.41, 5.74) is 2.04. The van der Waals surface area contributed by atoms with Crippen molar-refractivity contribution >= 4 is 23.2 Å². The molecular formula is C2H5Cl2NO2. The lowest BCUT2D eigenvalue weighted by Crippen LogP contribution is -2.17. The van der Waals surface area contributed by atoms with E-state index in [0.717, 1.165) is 0 Å². The van der Waals surface area contributed by atoms with Crippen molar-refractivity contribution in [1.29, 1.82) is 0 Å². The van der Waals surface area contributed by atoms with E-state index in [1.54, 1.807) is 0 Å². The van der Waals surface area contributed by atoms with E-state index in [1.165, 1.54) is 0 Å². The van der Waals surface area contributed by atoms with Gasteiger partial charge in [-0.05, 0) is 0 Å². The topological polar surface area (TPSA) is 41.5 Å². The van der Waals surface area contributed by atoms with Gasteiger partial charge in [0.2, 0.25) is 5.02 Å². The molecule has 0 bridgehead atoms. The molecular weight excluding hydrogens is 141 g/mol. The third-order valence-corrected chi connectivity index (χ3v) is 0.415. The van der Waals surface area contributed by atoms with Crippen LogP contribution in [-0.2, 0) is 4.84 Å². The first-order valence-corrected chi connectivity index (χ1v) is 2.42. The predicted molar refractivity (Wildman–Crippen MR) is 26.8 cm³/mol. The van der Waals surface area contributed by atoms with Gasteiger partial charge in [0.15, 0.2) is 0 Å². The van der Waals surface area contributed by atoms with Crippen LogP contribution in [0.25, 0.3) is 0 Å². The van der Waals surface area contributed by atoms with Crippen LogP contribution in [0.3, 0.4) is 0 Å². The summed E-state index contributed by atoms with van der Waals surface area (Å²) in [7, 11) is 0. The average Bonchev–Trinajstić information content (AvgIpc) is 1.61. The Kier molecular flexibility index (Phi) is 4.92. The van der Waals surface area contributed by atoms with Crippen LogP contribution in [0.4, 0.5) is 0 Å². The van der Waals surface area contributed by atoms with Gasteiger partial charge in [0.25, 0.3) is 0 Å². The Bertz CT molecular complexity index is 42.7. The van der Waals surface area contributed by atoms with Crippen LogP contribution < -0.4 is 5.48 Å². The first-order valence-electron chi connectivity index (χ1n) is 1.55. The lowest BCUT2D eigenvalue weighted by atomic mass is 11.4. The number of alkyl halides is 2. The SMILES string of the molecule is OCNOC(Cl)Cl. The van der Waals surface area contributed by atoms with Gasteiger partial charge in [0.1, 0.15) is 6.73 Å². The molecule has 0 aliphatic heterocycles. The zero-order chi connectivity index (χ0) is 5.70. The molecule has 0 aromatic rings. The van der Waals surface area contributed by atoms with Gasteiger partial charge in [-0.2, -0.15) is 5.48 Å². The Labute approximate surface area is 51.1 Å². The van der Waals surface area contributed by atoms with E-state index < -0.39 is 5.02 Å². The molecule has 3 nitrogen and oxygen atoms in total. The van der Waals surface area contributed by atoms with Crippen LogP contribution in [0.5, 0.6) is 0 Å². The Balaban J connectivity index is 2.68. The molecule has 0 fully saturated rings. The molecule has 44 valence electrons. The molecule has 5 heteroatoms. The van der Waals surface area contributed by atoms with E-state index in [9.17, 15) is 0 Å². The van der Waals surface area contributed by atoms with Gasteiger partial charge in [0, 0.05) is 0 Å². The second-order valence-electron chi connectivity index (χ2n) is 0.681. The maximum absolute atomic E-state index is 7.96. The lowest BCUT2D eigenvalue weighted by Gasteiger charge is -1.99. The lowest BCUT2D eigenvalue weighted by molar-refractivity contribution is 0.00539. The van der Waals surface area contributed by atoms with Crippen LogP contribution in [0.2, 0.25) is 0 Å². The molecule has 0 aromatic carbocycles. The largest absolute Gasteiger partial charge is 0.379 e. The summed E-state index contributed by atoms with van der Waals surface area (Å²) in [6.45, 7) is -0.296. The van der Waals surface area contributed by atoms with Gasteiger partial charge < -0.3 is 5.11 Å². The molecule has 0 atom stereocenters. The van der Waals surface area contributed by atoms with E-state index in [4.69, 9.17) is 28.3 Å². The van der Waals surface area contributed by atoms with Gasteiger partial charge >= 0.3 is 0 Å². The number of hydrogen-bond acceptors (Lipinski definition) is 3. The van der Waals surface area contributed by atoms with E-state index in [2.05, 4.69) is 4.84 Å². The van der Waals surface area contributed by atoms with Crippen molar-refractivity contribution in [1.82, 2.24) is 5.48 Å². The van der Waals surface area contributed by atoms with Crippen LogP contribution >= 0.6 is 23.2 Å². The maximum atomic E-state index is 7.96. The van der Waals surface area contributed by atoms with Crippen molar-refractivity contribution in [3.05, 3.63) is 0 Å². The first-order chi connectivity index (χ1) is 3.27. The number of rotatable bonds is 3. The second kappa shape index (κ2) is 4.61. The normalized spacial score (nSPS) is 10.3. The highest BCUT2D eigenvalue weighted by Crippen LogP contribution is 1.98. The van der Waals surface area contributed by atoms with Gasteiger partial charge in [-0.15, -0.1) is 0 Å². The standard InChI is InChI=1S/C2H5Cl2NO2/c3-2(4)7-5-1-6/h2,5-6H,1H2. The molecule has 0 unspecified atom stereocenters. The van der Waals surface area contributed by atoms with Crippen molar-refractivity contribution in [2.45, 2.75) is 5.02 Å². The fourth-order valence-electron chi connectivity index (χ4n) is 0.100. The van der Waals surface area contributed by atoms with E-state index >= 15 is 0 Å². The summed E-state index contributed by atoms with van der Waals surface area (Å²) in [4.78, 5) is 4.22. The minimum Gasteiger partial charge on any atom is -0.379 e. The molecule has 0 saturated carbocycles. The zero-order valence-corrected chi connectivity index (χ0v) is 4.91. The Morgan fingerprint density at radius 3 is 2.43 bits per heavy atom. The number of nitrogens with one attached hydrogen (secondary N) is 1. The van der Waals surface area contributed by atoms with Crippen LogP contribution in [0, 0.1) is 0 Å². The molecule has 0 aliphatic carbocycles. The summed E-state index contributed by atoms with van der Waals surface area (Å²) >= 11 is 10.1. The van der Waals surface area contributed by atoms with Gasteiger partial charge in [-0.3, -0.25) is 4.84 Å². The minimum absolute atomic E-state index is 0.296. The highest BCUT2D eigenvalue weighted by Gasteiger charge is 1.92. The summed E-state index contributed by atoms with van der Waals surface area (Å²) in [5.74, 6) is 0. The van der Waals surface area contributed by atoms with Crippen molar-refractivity contribution in [3.63, 3.8) is 0 Å². The average molecular weight is 146 g/mol. The van der Waals surface area contributed by atoms with Gasteiger partial charge in [0.05, 0.1) is 0 Å². The highest BCUT2D eigenvalue weighted by molar-refractivity contribution is 6.43. The third-order valence-electron chi connectivity index (χ3n) is 0.237. The van der Waals surface area contributed by atoms with Crippen LogP contribution in [0.1, 0.15) is 0 Å². The summed E-state index contributed by atoms with van der Waals surface area (Å²) in [6.07, 6.45) is 0. The second-order valence-corrected chi connectivity index (χ2v) is 1.70. The molecule has 7 heavy (non-hydrogen) atoms. The summed E-state index contributed by atoms with van der Waals surface area (Å²) in [5, 5.41) is 7.04. The number of hydrogen-bond donors (Lipinski definition) is 2. The fourth-order valence-corrected chi connectivity index (χ4v) is 0.226. The van der Waals surface area contributed by atoms with Crippen molar-refractivity contribution < 1.29 is 9.94 Å². The maximum Gasteiger partial charge on any atom is 0.225 e. The van der Waals surface area contributed by atoms with Gasteiger partial charge in [-0.25, -0.2) is 0 Å². The fraction of sp³-hybridized carbons (Fsp3) is 1.00. The molecule has 0 heterocycles.